The van der Waals surface area contributed by atoms with Gasteiger partial charge in [0.05, 0.1) is 12.6 Å². The number of nitrogens with one attached hydrogen (secondary N) is 2. The number of aromatic amines is 1. The number of anilines is 1. The summed E-state index contributed by atoms with van der Waals surface area (Å²) in [5, 5.41) is 14.0. The molecular formula is C26H22ClN5O2. The Balaban J connectivity index is 1.51. The van der Waals surface area contributed by atoms with Crippen molar-refractivity contribution in [3.8, 4) is 17.1 Å². The predicted octanol–water partition coefficient (Wildman–Crippen LogP) is 5.40. The van der Waals surface area contributed by atoms with E-state index in [9.17, 15) is 5.11 Å². The first kappa shape index (κ1) is 21.9. The second kappa shape index (κ2) is 9.91. The van der Waals surface area contributed by atoms with Crippen molar-refractivity contribution in [2.24, 2.45) is 0 Å². The number of nitrogens with zero attached hydrogens (tertiary/aromatic N) is 3. The van der Waals surface area contributed by atoms with Crippen molar-refractivity contribution in [1.82, 2.24) is 19.9 Å². The standard InChI is InChI=1S/C26H22ClN5O2/c27-19-12-7-13-20(14-19)34-16-22-29-23-25(28-21(15-33)17-8-3-1-4-9-17)31-24(32-26(23)30-22)18-10-5-2-6-11-18/h1-14,21,33H,15-16H2,(H2,28,29,30,31,32)/t21-/m1/s1. The van der Waals surface area contributed by atoms with Crippen LogP contribution in [0.2, 0.25) is 5.02 Å². The summed E-state index contributed by atoms with van der Waals surface area (Å²) in [6.07, 6.45) is 0. The minimum Gasteiger partial charge on any atom is -0.486 e. The molecule has 5 aromatic rings. The van der Waals surface area contributed by atoms with Crippen LogP contribution in [-0.4, -0.2) is 31.6 Å². The molecule has 0 amide bonds. The molecule has 0 fully saturated rings. The van der Waals surface area contributed by atoms with Crippen molar-refractivity contribution in [3.05, 3.63) is 101 Å². The Morgan fingerprint density at radius 3 is 2.41 bits per heavy atom. The number of fused-ring (bicyclic) bond motifs is 1. The minimum absolute atomic E-state index is 0.102. The highest BCUT2D eigenvalue weighted by Gasteiger charge is 2.18. The summed E-state index contributed by atoms with van der Waals surface area (Å²) >= 11 is 6.05. The largest absolute Gasteiger partial charge is 0.486 e. The Labute approximate surface area is 201 Å². The third-order valence-corrected chi connectivity index (χ3v) is 5.53. The molecule has 0 unspecified atom stereocenters. The first-order chi connectivity index (χ1) is 16.7. The molecule has 8 heteroatoms. The number of imidazole rings is 1. The molecule has 0 saturated heterocycles. The van der Waals surface area contributed by atoms with Gasteiger partial charge in [0.2, 0.25) is 0 Å². The third kappa shape index (κ3) is 4.85. The number of benzene rings is 3. The molecule has 0 bridgehead atoms. The fourth-order valence-corrected chi connectivity index (χ4v) is 3.81. The molecule has 0 aliphatic carbocycles. The molecule has 1 atom stereocenters. The lowest BCUT2D eigenvalue weighted by atomic mass is 10.1. The number of aliphatic hydroxyl groups is 1. The van der Waals surface area contributed by atoms with Gasteiger partial charge in [-0.3, -0.25) is 0 Å². The molecule has 3 aromatic carbocycles. The lowest BCUT2D eigenvalue weighted by Crippen LogP contribution is -2.16. The van der Waals surface area contributed by atoms with E-state index in [2.05, 4.69) is 20.3 Å². The van der Waals surface area contributed by atoms with E-state index in [1.807, 2.05) is 72.8 Å². The van der Waals surface area contributed by atoms with Crippen LogP contribution in [0.1, 0.15) is 17.4 Å². The summed E-state index contributed by atoms with van der Waals surface area (Å²) in [6.45, 7) is 0.105. The van der Waals surface area contributed by atoms with Crippen LogP contribution in [0.3, 0.4) is 0 Å². The van der Waals surface area contributed by atoms with E-state index in [0.717, 1.165) is 11.1 Å². The van der Waals surface area contributed by atoms with Gasteiger partial charge >= 0.3 is 0 Å². The van der Waals surface area contributed by atoms with E-state index >= 15 is 0 Å². The molecule has 5 rings (SSSR count). The van der Waals surface area contributed by atoms with Gasteiger partial charge in [-0.25, -0.2) is 15.0 Å². The van der Waals surface area contributed by atoms with Crippen LogP contribution >= 0.6 is 11.6 Å². The summed E-state index contributed by atoms with van der Waals surface area (Å²) in [6, 6.07) is 26.3. The topological polar surface area (TPSA) is 96.0 Å². The van der Waals surface area contributed by atoms with Crippen LogP contribution in [0, 0.1) is 0 Å². The maximum atomic E-state index is 10.1. The SMILES string of the molecule is OC[C@@H](Nc1nc(-c2ccccc2)nc2nc(COc3cccc(Cl)c3)[nH]c12)c1ccccc1. The molecule has 0 radical (unpaired) electrons. The summed E-state index contributed by atoms with van der Waals surface area (Å²) in [5.74, 6) is 2.33. The fourth-order valence-electron chi connectivity index (χ4n) is 3.63. The van der Waals surface area contributed by atoms with Crippen molar-refractivity contribution in [3.63, 3.8) is 0 Å². The average Bonchev–Trinajstić information content (AvgIpc) is 3.30. The number of halogens is 1. The predicted molar refractivity (Wildman–Crippen MR) is 133 cm³/mol. The van der Waals surface area contributed by atoms with Gasteiger partial charge in [0.1, 0.15) is 23.7 Å². The number of H-pyrrole nitrogens is 1. The molecule has 170 valence electrons. The molecule has 2 aromatic heterocycles. The Bertz CT molecular complexity index is 1390. The summed E-state index contributed by atoms with van der Waals surface area (Å²) in [5.41, 5.74) is 2.96. The number of aromatic nitrogens is 4. The van der Waals surface area contributed by atoms with Gasteiger partial charge in [-0.1, -0.05) is 78.3 Å². The average molecular weight is 472 g/mol. The van der Waals surface area contributed by atoms with Gasteiger partial charge in [0.15, 0.2) is 17.3 Å². The summed E-state index contributed by atoms with van der Waals surface area (Å²) in [4.78, 5) is 17.3. The van der Waals surface area contributed by atoms with Crippen LogP contribution in [0.25, 0.3) is 22.6 Å². The number of rotatable bonds is 8. The molecular weight excluding hydrogens is 450 g/mol. The third-order valence-electron chi connectivity index (χ3n) is 5.30. The Morgan fingerprint density at radius 2 is 1.68 bits per heavy atom. The van der Waals surface area contributed by atoms with E-state index in [1.54, 1.807) is 12.1 Å². The van der Waals surface area contributed by atoms with Gasteiger partial charge in [0, 0.05) is 10.6 Å². The van der Waals surface area contributed by atoms with E-state index in [1.165, 1.54) is 0 Å². The molecule has 0 aliphatic rings. The van der Waals surface area contributed by atoms with E-state index < -0.39 is 0 Å². The lowest BCUT2D eigenvalue weighted by molar-refractivity contribution is 0.276. The molecule has 34 heavy (non-hydrogen) atoms. The van der Waals surface area contributed by atoms with Gasteiger partial charge in [-0.15, -0.1) is 0 Å². The van der Waals surface area contributed by atoms with Gasteiger partial charge in [0.25, 0.3) is 0 Å². The van der Waals surface area contributed by atoms with Crippen LogP contribution in [0.15, 0.2) is 84.9 Å². The Morgan fingerprint density at radius 1 is 0.912 bits per heavy atom. The number of hydrogen-bond acceptors (Lipinski definition) is 6. The molecule has 0 saturated carbocycles. The second-order valence-electron chi connectivity index (χ2n) is 7.68. The van der Waals surface area contributed by atoms with Crippen molar-refractivity contribution in [2.45, 2.75) is 12.6 Å². The van der Waals surface area contributed by atoms with Crippen LogP contribution in [-0.2, 0) is 6.61 Å². The number of ether oxygens (including phenoxy) is 1. The van der Waals surface area contributed by atoms with E-state index in [-0.39, 0.29) is 19.3 Å². The summed E-state index contributed by atoms with van der Waals surface area (Å²) < 4.78 is 5.84. The zero-order chi connectivity index (χ0) is 23.3. The van der Waals surface area contributed by atoms with Crippen LogP contribution in [0.4, 0.5) is 5.82 Å². The van der Waals surface area contributed by atoms with E-state index in [4.69, 9.17) is 21.3 Å². The maximum Gasteiger partial charge on any atom is 0.183 e. The number of aliphatic hydroxyl groups excluding tert-OH is 1. The summed E-state index contributed by atoms with van der Waals surface area (Å²) in [7, 11) is 0. The van der Waals surface area contributed by atoms with Gasteiger partial charge in [-0.05, 0) is 23.8 Å². The highest BCUT2D eigenvalue weighted by atomic mass is 35.5. The van der Waals surface area contributed by atoms with E-state index in [0.29, 0.717) is 39.4 Å². The fraction of sp³-hybridized carbons (Fsp3) is 0.115. The Kier molecular flexibility index (Phi) is 6.38. The highest BCUT2D eigenvalue weighted by Crippen LogP contribution is 2.27. The molecule has 7 nitrogen and oxygen atoms in total. The smallest absolute Gasteiger partial charge is 0.183 e. The normalized spacial score (nSPS) is 11.9. The quantitative estimate of drug-likeness (QED) is 0.280. The highest BCUT2D eigenvalue weighted by molar-refractivity contribution is 6.30. The zero-order valence-corrected chi connectivity index (χ0v) is 18.9. The first-order valence-electron chi connectivity index (χ1n) is 10.8. The van der Waals surface area contributed by atoms with Crippen LogP contribution in [0.5, 0.6) is 5.75 Å². The maximum absolute atomic E-state index is 10.1. The molecule has 2 heterocycles. The van der Waals surface area contributed by atoms with Gasteiger partial charge < -0.3 is 20.1 Å². The van der Waals surface area contributed by atoms with Crippen molar-refractivity contribution < 1.29 is 9.84 Å². The van der Waals surface area contributed by atoms with Crippen molar-refractivity contribution in [2.75, 3.05) is 11.9 Å². The monoisotopic (exact) mass is 471 g/mol. The van der Waals surface area contributed by atoms with Crippen molar-refractivity contribution >= 4 is 28.6 Å². The van der Waals surface area contributed by atoms with Crippen LogP contribution < -0.4 is 10.1 Å². The Hall–Kier alpha value is -3.94. The molecule has 0 spiro atoms. The zero-order valence-electron chi connectivity index (χ0n) is 18.1. The molecule has 0 aliphatic heterocycles. The number of hydrogen-bond donors (Lipinski definition) is 3. The molecule has 3 N–H and O–H groups in total. The minimum atomic E-state index is -0.350. The first-order valence-corrected chi connectivity index (χ1v) is 11.2. The second-order valence-corrected chi connectivity index (χ2v) is 8.12. The van der Waals surface area contributed by atoms with Gasteiger partial charge in [-0.2, -0.15) is 0 Å². The van der Waals surface area contributed by atoms with Crippen molar-refractivity contribution in [1.29, 1.82) is 0 Å². The lowest BCUT2D eigenvalue weighted by Gasteiger charge is -2.18.